The summed E-state index contributed by atoms with van der Waals surface area (Å²) < 4.78 is 19.7. The van der Waals surface area contributed by atoms with Gasteiger partial charge in [-0.2, -0.15) is 0 Å². The standard InChI is InChI=1S/C15H38O4Si4/c1-11-12-15(16)13-14-23(17-20(2,3)4,18-21(5,6)7)19-22(8,9)10/h11-14H2,1-10H3. The topological polar surface area (TPSA) is 44.8 Å². The summed E-state index contributed by atoms with van der Waals surface area (Å²) in [7, 11) is -8.34. The molecule has 138 valence electrons. The van der Waals surface area contributed by atoms with Crippen LogP contribution in [0.2, 0.25) is 65.0 Å². The summed E-state index contributed by atoms with van der Waals surface area (Å²) in [5.41, 5.74) is 0. The highest BCUT2D eigenvalue weighted by molar-refractivity contribution is 6.90. The van der Waals surface area contributed by atoms with Gasteiger partial charge < -0.3 is 12.3 Å². The van der Waals surface area contributed by atoms with Gasteiger partial charge in [-0.3, -0.25) is 4.79 Å². The molecule has 0 unspecified atom stereocenters. The van der Waals surface area contributed by atoms with Crippen LogP contribution >= 0.6 is 0 Å². The Labute approximate surface area is 148 Å². The number of carbonyl (C=O) groups excluding carboxylic acids is 1. The second kappa shape index (κ2) is 8.68. The van der Waals surface area contributed by atoms with E-state index in [0.29, 0.717) is 24.7 Å². The van der Waals surface area contributed by atoms with Crippen LogP contribution < -0.4 is 0 Å². The average molecular weight is 395 g/mol. The van der Waals surface area contributed by atoms with Crippen molar-refractivity contribution in [3.63, 3.8) is 0 Å². The van der Waals surface area contributed by atoms with Gasteiger partial charge in [0, 0.05) is 18.9 Å². The number of ketones is 1. The minimum Gasteiger partial charge on any atom is -0.417 e. The van der Waals surface area contributed by atoms with E-state index in [-0.39, 0.29) is 0 Å². The molecule has 0 aliphatic carbocycles. The van der Waals surface area contributed by atoms with Gasteiger partial charge in [-0.15, -0.1) is 0 Å². The highest BCUT2D eigenvalue weighted by Crippen LogP contribution is 2.30. The molecule has 0 atom stereocenters. The van der Waals surface area contributed by atoms with Crippen LogP contribution in [-0.2, 0) is 17.1 Å². The van der Waals surface area contributed by atoms with Gasteiger partial charge in [-0.05, 0) is 65.3 Å². The van der Waals surface area contributed by atoms with Crippen LogP contribution in [0.4, 0.5) is 0 Å². The fourth-order valence-corrected chi connectivity index (χ4v) is 16.9. The molecule has 4 nitrogen and oxygen atoms in total. The van der Waals surface area contributed by atoms with E-state index in [1.807, 2.05) is 6.92 Å². The highest BCUT2D eigenvalue weighted by atomic mass is 28.5. The molecule has 0 aromatic rings. The van der Waals surface area contributed by atoms with Crippen LogP contribution in [0.5, 0.6) is 0 Å². The summed E-state index contributed by atoms with van der Waals surface area (Å²) in [6, 6.07) is 0.630. The summed E-state index contributed by atoms with van der Waals surface area (Å²) in [5.74, 6) is 0.293. The Kier molecular flexibility index (Phi) is 8.84. The summed E-state index contributed by atoms with van der Waals surface area (Å²) in [6.07, 6.45) is 2.04. The SMILES string of the molecule is CCCC(=O)CC[Si](O[Si](C)(C)C)(O[Si](C)(C)C)O[Si](C)(C)C. The summed E-state index contributed by atoms with van der Waals surface area (Å²) in [6.45, 7) is 21.6. The average Bonchev–Trinajstić information content (AvgIpc) is 2.19. The Morgan fingerprint density at radius 1 is 0.696 bits per heavy atom. The van der Waals surface area contributed by atoms with Crippen molar-refractivity contribution in [2.45, 2.75) is 91.2 Å². The van der Waals surface area contributed by atoms with Gasteiger partial charge in [0.1, 0.15) is 5.78 Å². The van der Waals surface area contributed by atoms with E-state index in [1.165, 1.54) is 0 Å². The molecule has 23 heavy (non-hydrogen) atoms. The Morgan fingerprint density at radius 3 is 1.30 bits per heavy atom. The molecule has 0 aromatic heterocycles. The van der Waals surface area contributed by atoms with Crippen molar-refractivity contribution in [1.29, 1.82) is 0 Å². The van der Waals surface area contributed by atoms with Gasteiger partial charge in [-0.25, -0.2) is 0 Å². The number of rotatable bonds is 11. The van der Waals surface area contributed by atoms with Crippen molar-refractivity contribution in [3.05, 3.63) is 0 Å². The van der Waals surface area contributed by atoms with Gasteiger partial charge in [0.2, 0.25) is 0 Å². The van der Waals surface area contributed by atoms with E-state index in [1.54, 1.807) is 0 Å². The van der Waals surface area contributed by atoms with E-state index < -0.39 is 33.8 Å². The van der Waals surface area contributed by atoms with Crippen molar-refractivity contribution < 1.29 is 17.1 Å². The maximum absolute atomic E-state index is 12.1. The van der Waals surface area contributed by atoms with Crippen molar-refractivity contribution in [1.82, 2.24) is 0 Å². The third kappa shape index (κ3) is 12.4. The van der Waals surface area contributed by atoms with Crippen molar-refractivity contribution in [3.8, 4) is 0 Å². The first-order chi connectivity index (χ1) is 10.1. The predicted molar refractivity (Wildman–Crippen MR) is 108 cm³/mol. The second-order valence-corrected chi connectivity index (χ2v) is 26.1. The lowest BCUT2D eigenvalue weighted by atomic mass is 10.2. The fraction of sp³-hybridized carbons (Fsp3) is 0.933. The van der Waals surface area contributed by atoms with Gasteiger partial charge in [0.15, 0.2) is 25.0 Å². The molecule has 0 aromatic carbocycles. The van der Waals surface area contributed by atoms with Crippen LogP contribution in [0.1, 0.15) is 26.2 Å². The Balaban J connectivity index is 5.49. The monoisotopic (exact) mass is 394 g/mol. The lowest BCUT2D eigenvalue weighted by Crippen LogP contribution is -2.60. The maximum Gasteiger partial charge on any atom is 0.469 e. The molecule has 0 N–H and O–H groups in total. The molecule has 0 saturated heterocycles. The van der Waals surface area contributed by atoms with Gasteiger partial charge >= 0.3 is 8.80 Å². The molecule has 0 heterocycles. The van der Waals surface area contributed by atoms with Crippen LogP contribution in [-0.4, -0.2) is 39.5 Å². The van der Waals surface area contributed by atoms with Crippen LogP contribution in [0.15, 0.2) is 0 Å². The van der Waals surface area contributed by atoms with Crippen molar-refractivity contribution in [2.75, 3.05) is 0 Å². The number of hydrogen-bond acceptors (Lipinski definition) is 4. The molecule has 0 spiro atoms. The molecule has 8 heteroatoms. The minimum absolute atomic E-state index is 0.293. The minimum atomic E-state index is -2.83. The molecule has 0 aliphatic heterocycles. The van der Waals surface area contributed by atoms with E-state index in [9.17, 15) is 4.79 Å². The third-order valence-electron chi connectivity index (χ3n) is 2.62. The number of Topliss-reactive ketones (excluding diaryl/α,β-unsaturated/α-hetero) is 1. The molecule has 0 saturated carbocycles. The van der Waals surface area contributed by atoms with Crippen LogP contribution in [0.3, 0.4) is 0 Å². The first-order valence-electron chi connectivity index (χ1n) is 8.70. The van der Waals surface area contributed by atoms with Gasteiger partial charge in [-0.1, -0.05) is 6.92 Å². The lowest BCUT2D eigenvalue weighted by molar-refractivity contribution is -0.118. The van der Waals surface area contributed by atoms with E-state index in [2.05, 4.69) is 58.9 Å². The Morgan fingerprint density at radius 2 is 1.04 bits per heavy atom. The maximum atomic E-state index is 12.1. The Hall–Kier alpha value is 0.418. The summed E-state index contributed by atoms with van der Waals surface area (Å²) in [5, 5.41) is 0. The first-order valence-corrected chi connectivity index (χ1v) is 20.9. The number of carbonyl (C=O) groups is 1. The zero-order valence-electron chi connectivity index (χ0n) is 17.0. The zero-order chi connectivity index (χ0) is 18.5. The van der Waals surface area contributed by atoms with E-state index >= 15 is 0 Å². The largest absolute Gasteiger partial charge is 0.469 e. The molecule has 0 amide bonds. The lowest BCUT2D eigenvalue weighted by Gasteiger charge is -2.42. The zero-order valence-corrected chi connectivity index (χ0v) is 21.0. The smallest absolute Gasteiger partial charge is 0.417 e. The Bertz CT molecular complexity index is 340. The predicted octanol–water partition coefficient (Wildman–Crippen LogP) is 5.24. The van der Waals surface area contributed by atoms with E-state index in [0.717, 1.165) is 6.42 Å². The van der Waals surface area contributed by atoms with Gasteiger partial charge in [0.05, 0.1) is 0 Å². The molecular weight excluding hydrogens is 357 g/mol. The fourth-order valence-electron chi connectivity index (χ4n) is 2.31. The van der Waals surface area contributed by atoms with Crippen molar-refractivity contribution >= 4 is 39.5 Å². The molecule has 0 bridgehead atoms. The molecule has 0 aliphatic rings. The third-order valence-corrected chi connectivity index (χ3v) is 14.6. The molecule has 0 rings (SSSR count). The second-order valence-electron chi connectivity index (χ2n) is 9.11. The van der Waals surface area contributed by atoms with Crippen molar-refractivity contribution in [2.24, 2.45) is 0 Å². The van der Waals surface area contributed by atoms with Crippen LogP contribution in [0.25, 0.3) is 0 Å². The normalized spacial score (nSPS) is 14.2. The molecular formula is C15H38O4Si4. The first kappa shape index (κ1) is 23.4. The van der Waals surface area contributed by atoms with Crippen LogP contribution in [0, 0.1) is 0 Å². The summed E-state index contributed by atoms with van der Waals surface area (Å²) >= 11 is 0. The quantitative estimate of drug-likeness (QED) is 0.449. The number of hydrogen-bond donors (Lipinski definition) is 0. The summed E-state index contributed by atoms with van der Waals surface area (Å²) in [4.78, 5) is 12.1. The molecule has 0 fully saturated rings. The van der Waals surface area contributed by atoms with Gasteiger partial charge in [0.25, 0.3) is 0 Å². The highest BCUT2D eigenvalue weighted by Gasteiger charge is 2.49. The molecule has 0 radical (unpaired) electrons. The van der Waals surface area contributed by atoms with E-state index in [4.69, 9.17) is 12.3 Å².